The standard InChI is InChI=1S/C28H25ClFN5O2S/c1-33-26(35-10-9-25(36)32-28(35)37)13-31-27(33)17-5-6-18-14-34(15-19(18)11-17)16-21-8-7-20(38-21)12-22-23(29)3-2-4-24(22)30/h2-8,11,13H,9-10,12,14-16H2,1H3,(H,32,36,37). The van der Waals surface area contributed by atoms with E-state index in [2.05, 4.69) is 45.5 Å². The number of anilines is 1. The predicted molar refractivity (Wildman–Crippen MR) is 146 cm³/mol. The highest BCUT2D eigenvalue weighted by molar-refractivity contribution is 7.12. The fourth-order valence-corrected chi connectivity index (χ4v) is 6.42. The molecule has 1 fully saturated rings. The highest BCUT2D eigenvalue weighted by atomic mass is 35.5. The van der Waals surface area contributed by atoms with E-state index in [-0.39, 0.29) is 18.1 Å². The van der Waals surface area contributed by atoms with Gasteiger partial charge in [-0.3, -0.25) is 19.9 Å². The fraction of sp³-hybridized carbons (Fsp3) is 0.250. The molecule has 7 nitrogen and oxygen atoms in total. The molecule has 0 atom stereocenters. The first-order valence-corrected chi connectivity index (χ1v) is 13.5. The Balaban J connectivity index is 1.14. The van der Waals surface area contributed by atoms with Crippen LogP contribution in [0.2, 0.25) is 5.02 Å². The molecule has 0 spiro atoms. The first kappa shape index (κ1) is 24.8. The highest BCUT2D eigenvalue weighted by Gasteiger charge is 2.28. The third-order valence-electron chi connectivity index (χ3n) is 7.06. The second-order valence-electron chi connectivity index (χ2n) is 9.63. The molecule has 4 heterocycles. The Hall–Kier alpha value is -3.53. The first-order chi connectivity index (χ1) is 18.4. The number of nitrogens with one attached hydrogen (secondary N) is 1. The molecule has 1 saturated heterocycles. The number of thiophene rings is 1. The number of carbonyl (C=O) groups excluding carboxylic acids is 2. The molecule has 0 bridgehead atoms. The first-order valence-electron chi connectivity index (χ1n) is 12.3. The van der Waals surface area contributed by atoms with Crippen LogP contribution in [-0.2, 0) is 37.9 Å². The van der Waals surface area contributed by atoms with E-state index in [1.165, 1.54) is 22.1 Å². The maximum absolute atomic E-state index is 14.2. The number of hydrogen-bond donors (Lipinski definition) is 1. The molecule has 1 N–H and O–H groups in total. The van der Waals surface area contributed by atoms with Gasteiger partial charge in [0.05, 0.1) is 6.20 Å². The van der Waals surface area contributed by atoms with E-state index < -0.39 is 6.03 Å². The van der Waals surface area contributed by atoms with Crippen LogP contribution in [0.3, 0.4) is 0 Å². The Morgan fingerprint density at radius 2 is 1.89 bits per heavy atom. The second kappa shape index (κ2) is 9.98. The number of imide groups is 1. The number of amides is 3. The van der Waals surface area contributed by atoms with Crippen LogP contribution in [-0.4, -0.2) is 32.9 Å². The van der Waals surface area contributed by atoms with Crippen LogP contribution >= 0.6 is 22.9 Å². The summed E-state index contributed by atoms with van der Waals surface area (Å²) in [6, 6.07) is 14.9. The van der Waals surface area contributed by atoms with E-state index in [4.69, 9.17) is 11.6 Å². The van der Waals surface area contributed by atoms with Crippen LogP contribution in [0.1, 0.15) is 32.9 Å². The van der Waals surface area contributed by atoms with Gasteiger partial charge in [-0.05, 0) is 41.5 Å². The minimum atomic E-state index is -0.422. The molecule has 3 amide bonds. The van der Waals surface area contributed by atoms with Crippen LogP contribution in [0.15, 0.2) is 54.7 Å². The van der Waals surface area contributed by atoms with Crippen molar-refractivity contribution in [3.05, 3.63) is 92.0 Å². The molecule has 2 aromatic heterocycles. The quantitative estimate of drug-likeness (QED) is 0.345. The lowest BCUT2D eigenvalue weighted by Crippen LogP contribution is -2.50. The molecule has 194 valence electrons. The molecular weight excluding hydrogens is 525 g/mol. The van der Waals surface area contributed by atoms with E-state index in [0.29, 0.717) is 29.4 Å². The summed E-state index contributed by atoms with van der Waals surface area (Å²) in [7, 11) is 1.88. The van der Waals surface area contributed by atoms with Crippen molar-refractivity contribution in [2.75, 3.05) is 11.4 Å². The number of rotatable bonds is 6. The van der Waals surface area contributed by atoms with Gasteiger partial charge in [0.25, 0.3) is 0 Å². The minimum Gasteiger partial charge on any atom is -0.314 e. The maximum atomic E-state index is 14.2. The van der Waals surface area contributed by atoms with Crippen LogP contribution in [0, 0.1) is 5.82 Å². The Morgan fingerprint density at radius 3 is 2.71 bits per heavy atom. The summed E-state index contributed by atoms with van der Waals surface area (Å²) in [5.74, 6) is 0.885. The molecule has 38 heavy (non-hydrogen) atoms. The summed E-state index contributed by atoms with van der Waals surface area (Å²) in [6.07, 6.45) is 2.43. The van der Waals surface area contributed by atoms with Crippen molar-refractivity contribution in [2.24, 2.45) is 7.05 Å². The van der Waals surface area contributed by atoms with Crippen LogP contribution in [0.4, 0.5) is 15.0 Å². The molecule has 0 aliphatic carbocycles. The van der Waals surface area contributed by atoms with Crippen molar-refractivity contribution >= 4 is 40.7 Å². The number of benzene rings is 2. The second-order valence-corrected chi connectivity index (χ2v) is 11.3. The zero-order valence-corrected chi connectivity index (χ0v) is 22.3. The summed E-state index contributed by atoms with van der Waals surface area (Å²) < 4.78 is 16.1. The van der Waals surface area contributed by atoms with E-state index in [9.17, 15) is 14.0 Å². The molecule has 0 saturated carbocycles. The van der Waals surface area contributed by atoms with Gasteiger partial charge in [0.15, 0.2) is 0 Å². The number of imidazole rings is 1. The van der Waals surface area contributed by atoms with Crippen LogP contribution in [0.25, 0.3) is 11.4 Å². The number of hydrogen-bond acceptors (Lipinski definition) is 5. The van der Waals surface area contributed by atoms with Crippen molar-refractivity contribution in [1.29, 1.82) is 0 Å². The number of urea groups is 1. The Labute approximate surface area is 228 Å². The van der Waals surface area contributed by atoms with Gasteiger partial charge in [-0.1, -0.05) is 29.8 Å². The van der Waals surface area contributed by atoms with Gasteiger partial charge in [-0.25, -0.2) is 14.2 Å². The maximum Gasteiger partial charge on any atom is 0.329 e. The molecule has 0 radical (unpaired) electrons. The normalized spacial score (nSPS) is 15.7. The Kier molecular flexibility index (Phi) is 6.51. The molecule has 2 aliphatic rings. The number of fused-ring (bicyclic) bond motifs is 1. The molecule has 0 unspecified atom stereocenters. The highest BCUT2D eigenvalue weighted by Crippen LogP contribution is 2.32. The van der Waals surface area contributed by atoms with Gasteiger partial charge < -0.3 is 4.57 Å². The molecule has 4 aromatic rings. The van der Waals surface area contributed by atoms with E-state index in [1.54, 1.807) is 34.6 Å². The van der Waals surface area contributed by atoms with Gasteiger partial charge in [0, 0.05) is 72.0 Å². The fourth-order valence-electron chi connectivity index (χ4n) is 5.12. The SMILES string of the molecule is Cn1c(N2CCC(=O)NC2=O)cnc1-c1ccc2c(c1)CN(Cc1ccc(Cc3c(F)cccc3Cl)s1)C2. The molecule has 10 heteroatoms. The number of nitrogens with zero attached hydrogens (tertiary/aromatic N) is 4. The van der Waals surface area contributed by atoms with Gasteiger partial charge in [0.1, 0.15) is 17.5 Å². The average molecular weight is 550 g/mol. The third-order valence-corrected chi connectivity index (χ3v) is 8.48. The summed E-state index contributed by atoms with van der Waals surface area (Å²) in [5, 5.41) is 2.82. The van der Waals surface area contributed by atoms with Gasteiger partial charge in [0.2, 0.25) is 5.91 Å². The zero-order chi connectivity index (χ0) is 26.4. The van der Waals surface area contributed by atoms with Crippen LogP contribution in [0.5, 0.6) is 0 Å². The zero-order valence-electron chi connectivity index (χ0n) is 20.7. The Morgan fingerprint density at radius 1 is 1.08 bits per heavy atom. The predicted octanol–water partition coefficient (Wildman–Crippen LogP) is 5.49. The van der Waals surface area contributed by atoms with Crippen molar-refractivity contribution in [1.82, 2.24) is 19.8 Å². The van der Waals surface area contributed by atoms with E-state index >= 15 is 0 Å². The van der Waals surface area contributed by atoms with Crippen molar-refractivity contribution < 1.29 is 14.0 Å². The lowest BCUT2D eigenvalue weighted by molar-refractivity contribution is -0.120. The Bertz CT molecular complexity index is 1540. The lowest BCUT2D eigenvalue weighted by atomic mass is 10.1. The van der Waals surface area contributed by atoms with Gasteiger partial charge >= 0.3 is 6.03 Å². The largest absolute Gasteiger partial charge is 0.329 e. The minimum absolute atomic E-state index is 0.259. The number of halogens is 2. The smallest absolute Gasteiger partial charge is 0.314 e. The van der Waals surface area contributed by atoms with Gasteiger partial charge in [-0.2, -0.15) is 0 Å². The van der Waals surface area contributed by atoms with E-state index in [1.807, 2.05) is 11.6 Å². The lowest BCUT2D eigenvalue weighted by Gasteiger charge is -2.26. The molecule has 2 aromatic carbocycles. The van der Waals surface area contributed by atoms with Gasteiger partial charge in [-0.15, -0.1) is 11.3 Å². The van der Waals surface area contributed by atoms with Crippen molar-refractivity contribution in [3.8, 4) is 11.4 Å². The summed E-state index contributed by atoms with van der Waals surface area (Å²) in [6.45, 7) is 2.83. The van der Waals surface area contributed by atoms with Crippen molar-refractivity contribution in [3.63, 3.8) is 0 Å². The monoisotopic (exact) mass is 549 g/mol. The van der Waals surface area contributed by atoms with Crippen molar-refractivity contribution in [2.45, 2.75) is 32.5 Å². The van der Waals surface area contributed by atoms with E-state index in [0.717, 1.165) is 35.9 Å². The molecule has 2 aliphatic heterocycles. The molecule has 6 rings (SSSR count). The number of carbonyl (C=O) groups is 2. The summed E-state index contributed by atoms with van der Waals surface area (Å²) in [5.41, 5.74) is 4.05. The molecular formula is C28H25ClFN5O2S. The number of aromatic nitrogens is 2. The summed E-state index contributed by atoms with van der Waals surface area (Å²) >= 11 is 7.90. The average Bonchev–Trinajstić information content (AvgIpc) is 3.60. The summed E-state index contributed by atoms with van der Waals surface area (Å²) in [4.78, 5) is 34.6. The van der Waals surface area contributed by atoms with Crippen LogP contribution < -0.4 is 10.2 Å². The third kappa shape index (κ3) is 4.73. The topological polar surface area (TPSA) is 70.5 Å².